The van der Waals surface area contributed by atoms with Crippen molar-refractivity contribution in [2.24, 2.45) is 0 Å². The number of carbonyl (C=O) groups is 1. The van der Waals surface area contributed by atoms with E-state index < -0.39 is 5.97 Å². The molecule has 2 aromatic rings. The Labute approximate surface area is 127 Å². The molecule has 0 amide bonds. The van der Waals surface area contributed by atoms with Crippen LogP contribution in [0.25, 0.3) is 5.69 Å². The molecule has 0 aliphatic carbocycles. The Bertz CT molecular complexity index is 673. The Hall–Kier alpha value is -2.01. The van der Waals surface area contributed by atoms with Crippen LogP contribution >= 0.6 is 11.6 Å². The van der Waals surface area contributed by atoms with Crippen molar-refractivity contribution in [3.05, 3.63) is 40.7 Å². The van der Waals surface area contributed by atoms with Crippen LogP contribution < -0.4 is 4.90 Å². The fourth-order valence-electron chi connectivity index (χ4n) is 2.69. The molecule has 1 saturated heterocycles. The number of aromatic nitrogens is 2. The van der Waals surface area contributed by atoms with Crippen LogP contribution in [0.15, 0.2) is 24.3 Å². The molecule has 0 spiro atoms. The van der Waals surface area contributed by atoms with E-state index in [-0.39, 0.29) is 10.7 Å². The summed E-state index contributed by atoms with van der Waals surface area (Å²) in [6.45, 7) is 3.82. The van der Waals surface area contributed by atoms with Crippen molar-refractivity contribution in [3.63, 3.8) is 0 Å². The lowest BCUT2D eigenvalue weighted by Gasteiger charge is -2.17. The molecule has 3 rings (SSSR count). The molecule has 1 aromatic heterocycles. The van der Waals surface area contributed by atoms with Gasteiger partial charge in [-0.1, -0.05) is 11.6 Å². The summed E-state index contributed by atoms with van der Waals surface area (Å²) in [5.74, 6) is -1.06. The number of hydrogen-bond donors (Lipinski definition) is 1. The van der Waals surface area contributed by atoms with E-state index in [2.05, 4.69) is 10.00 Å². The number of hydrogen-bond acceptors (Lipinski definition) is 3. The number of benzene rings is 1. The smallest absolute Gasteiger partial charge is 0.340 e. The molecule has 1 aromatic carbocycles. The molecule has 1 aliphatic rings. The molecule has 0 saturated carbocycles. The molecule has 1 N–H and O–H groups in total. The van der Waals surface area contributed by atoms with Crippen LogP contribution in [0.1, 0.15) is 28.9 Å². The molecule has 5 nitrogen and oxygen atoms in total. The summed E-state index contributed by atoms with van der Waals surface area (Å²) in [5, 5.41) is 13.5. The highest BCUT2D eigenvalue weighted by molar-refractivity contribution is 6.32. The first-order valence-electron chi connectivity index (χ1n) is 6.91. The van der Waals surface area contributed by atoms with Crippen molar-refractivity contribution in [1.29, 1.82) is 0 Å². The van der Waals surface area contributed by atoms with Crippen molar-refractivity contribution in [1.82, 2.24) is 9.78 Å². The number of aryl methyl sites for hydroxylation is 1. The third kappa shape index (κ3) is 2.49. The van der Waals surface area contributed by atoms with E-state index in [1.807, 2.05) is 24.3 Å². The topological polar surface area (TPSA) is 58.4 Å². The molecule has 0 bridgehead atoms. The van der Waals surface area contributed by atoms with E-state index >= 15 is 0 Å². The van der Waals surface area contributed by atoms with Gasteiger partial charge in [0.2, 0.25) is 0 Å². The Morgan fingerprint density at radius 1 is 1.19 bits per heavy atom. The lowest BCUT2D eigenvalue weighted by Crippen LogP contribution is -2.17. The first-order chi connectivity index (χ1) is 10.1. The van der Waals surface area contributed by atoms with Gasteiger partial charge in [-0.15, -0.1) is 0 Å². The van der Waals surface area contributed by atoms with Crippen molar-refractivity contribution in [3.8, 4) is 5.69 Å². The summed E-state index contributed by atoms with van der Waals surface area (Å²) in [5.41, 5.74) is 2.41. The first kappa shape index (κ1) is 13.9. The maximum absolute atomic E-state index is 11.2. The third-order valence-electron chi connectivity index (χ3n) is 3.78. The van der Waals surface area contributed by atoms with E-state index in [0.29, 0.717) is 5.69 Å². The van der Waals surface area contributed by atoms with E-state index in [4.69, 9.17) is 16.7 Å². The highest BCUT2D eigenvalue weighted by atomic mass is 35.5. The van der Waals surface area contributed by atoms with Gasteiger partial charge in [-0.3, -0.25) is 0 Å². The number of carboxylic acid groups (broad SMARTS) is 1. The number of carboxylic acids is 1. The zero-order chi connectivity index (χ0) is 15.0. The van der Waals surface area contributed by atoms with Crippen molar-refractivity contribution >= 4 is 23.3 Å². The minimum atomic E-state index is -1.06. The SMILES string of the molecule is Cc1nn(-c2ccc(N3CCCC3)cc2)c(Cl)c1C(=O)O. The highest BCUT2D eigenvalue weighted by Gasteiger charge is 2.20. The molecular weight excluding hydrogens is 290 g/mol. The first-order valence-corrected chi connectivity index (χ1v) is 7.29. The standard InChI is InChI=1S/C15H16ClN3O2/c1-10-13(15(20)21)14(16)19(17-10)12-6-4-11(5-7-12)18-8-2-3-9-18/h4-7H,2-3,8-9H2,1H3,(H,20,21). The Balaban J connectivity index is 1.94. The predicted molar refractivity (Wildman–Crippen MR) is 81.7 cm³/mol. The van der Waals surface area contributed by atoms with Crippen molar-refractivity contribution in [2.75, 3.05) is 18.0 Å². The molecule has 0 unspecified atom stereocenters. The van der Waals surface area contributed by atoms with E-state index in [0.717, 1.165) is 18.8 Å². The van der Waals surface area contributed by atoms with Crippen LogP contribution in [-0.2, 0) is 0 Å². The molecule has 1 aliphatic heterocycles. The number of halogens is 1. The maximum atomic E-state index is 11.2. The molecule has 6 heteroatoms. The fraction of sp³-hybridized carbons (Fsp3) is 0.333. The van der Waals surface area contributed by atoms with Crippen LogP contribution in [-0.4, -0.2) is 33.9 Å². The summed E-state index contributed by atoms with van der Waals surface area (Å²) in [7, 11) is 0. The average Bonchev–Trinajstić information content (AvgIpc) is 3.07. The van der Waals surface area contributed by atoms with Crippen LogP contribution in [0, 0.1) is 6.92 Å². The lowest BCUT2D eigenvalue weighted by molar-refractivity contribution is 0.0696. The minimum Gasteiger partial charge on any atom is -0.478 e. The monoisotopic (exact) mass is 305 g/mol. The summed E-state index contributed by atoms with van der Waals surface area (Å²) < 4.78 is 1.47. The number of nitrogens with zero attached hydrogens (tertiary/aromatic N) is 3. The zero-order valence-corrected chi connectivity index (χ0v) is 12.5. The number of rotatable bonds is 3. The van der Waals surface area contributed by atoms with Crippen LogP contribution in [0.3, 0.4) is 0 Å². The van der Waals surface area contributed by atoms with Crippen molar-refractivity contribution < 1.29 is 9.90 Å². The molecule has 1 fully saturated rings. The fourth-order valence-corrected chi connectivity index (χ4v) is 3.05. The van der Waals surface area contributed by atoms with Gasteiger partial charge in [0.1, 0.15) is 10.7 Å². The summed E-state index contributed by atoms with van der Waals surface area (Å²) >= 11 is 6.14. The summed E-state index contributed by atoms with van der Waals surface area (Å²) in [4.78, 5) is 13.5. The zero-order valence-electron chi connectivity index (χ0n) is 11.7. The number of aromatic carboxylic acids is 1. The predicted octanol–water partition coefficient (Wildman–Crippen LogP) is 3.13. The van der Waals surface area contributed by atoms with Gasteiger partial charge >= 0.3 is 5.97 Å². The van der Waals surface area contributed by atoms with Gasteiger partial charge in [-0.2, -0.15) is 5.10 Å². The molecule has 2 heterocycles. The quantitative estimate of drug-likeness (QED) is 0.946. The summed E-state index contributed by atoms with van der Waals surface area (Å²) in [6.07, 6.45) is 2.46. The molecule has 21 heavy (non-hydrogen) atoms. The second kappa shape index (κ2) is 5.41. The minimum absolute atomic E-state index is 0.0558. The Kier molecular flexibility index (Phi) is 3.59. The molecule has 0 radical (unpaired) electrons. The number of anilines is 1. The van der Waals surface area contributed by atoms with Gasteiger partial charge in [0.25, 0.3) is 0 Å². The maximum Gasteiger partial charge on any atom is 0.340 e. The molecular formula is C15H16ClN3O2. The van der Waals surface area contributed by atoms with Gasteiger partial charge in [-0.25, -0.2) is 9.48 Å². The van der Waals surface area contributed by atoms with Crippen LogP contribution in [0.2, 0.25) is 5.15 Å². The van der Waals surface area contributed by atoms with E-state index in [9.17, 15) is 4.79 Å². The second-order valence-corrected chi connectivity index (χ2v) is 5.54. The average molecular weight is 306 g/mol. The van der Waals surface area contributed by atoms with Crippen LogP contribution in [0.4, 0.5) is 5.69 Å². The molecule has 110 valence electrons. The Morgan fingerprint density at radius 2 is 1.76 bits per heavy atom. The molecule has 0 atom stereocenters. The van der Waals surface area contributed by atoms with E-state index in [1.165, 1.54) is 23.2 Å². The van der Waals surface area contributed by atoms with Gasteiger partial charge in [0, 0.05) is 18.8 Å². The second-order valence-electron chi connectivity index (χ2n) is 5.18. The Morgan fingerprint density at radius 3 is 2.29 bits per heavy atom. The van der Waals surface area contributed by atoms with Crippen molar-refractivity contribution in [2.45, 2.75) is 19.8 Å². The third-order valence-corrected chi connectivity index (χ3v) is 4.13. The van der Waals surface area contributed by atoms with Gasteiger partial charge in [-0.05, 0) is 44.0 Å². The summed E-state index contributed by atoms with van der Waals surface area (Å²) in [6, 6.07) is 7.87. The highest BCUT2D eigenvalue weighted by Crippen LogP contribution is 2.26. The van der Waals surface area contributed by atoms with E-state index in [1.54, 1.807) is 6.92 Å². The van der Waals surface area contributed by atoms with Gasteiger partial charge in [0.05, 0.1) is 11.4 Å². The van der Waals surface area contributed by atoms with Gasteiger partial charge in [0.15, 0.2) is 0 Å². The largest absolute Gasteiger partial charge is 0.478 e. The normalized spacial score (nSPS) is 14.7. The van der Waals surface area contributed by atoms with Crippen LogP contribution in [0.5, 0.6) is 0 Å². The van der Waals surface area contributed by atoms with Gasteiger partial charge < -0.3 is 10.0 Å². The lowest BCUT2D eigenvalue weighted by atomic mass is 10.2.